The molecular weight excluding hydrogens is 453 g/mol. The van der Waals surface area contributed by atoms with Crippen molar-refractivity contribution in [1.82, 2.24) is 24.8 Å². The Morgan fingerprint density at radius 3 is 2.79 bits per heavy atom. The zero-order chi connectivity index (χ0) is 22.9. The van der Waals surface area contributed by atoms with Crippen LogP contribution in [0, 0.1) is 23.4 Å². The van der Waals surface area contributed by atoms with E-state index in [1.54, 1.807) is 12.1 Å². The maximum absolute atomic E-state index is 14.8. The molecule has 6 nitrogen and oxygen atoms in total. The number of halogens is 4. The topological polar surface area (TPSA) is 67.7 Å². The van der Waals surface area contributed by atoms with Crippen molar-refractivity contribution in [2.45, 2.75) is 19.5 Å². The molecule has 2 aromatic carbocycles. The van der Waals surface area contributed by atoms with Gasteiger partial charge in [0.15, 0.2) is 5.65 Å². The van der Waals surface area contributed by atoms with Crippen LogP contribution in [0.2, 0.25) is 5.02 Å². The molecule has 33 heavy (non-hydrogen) atoms. The molecule has 1 saturated heterocycles. The number of benzene rings is 2. The van der Waals surface area contributed by atoms with Crippen LogP contribution in [0.1, 0.15) is 12.0 Å². The van der Waals surface area contributed by atoms with Crippen molar-refractivity contribution >= 4 is 28.7 Å². The molecule has 10 heteroatoms. The van der Waals surface area contributed by atoms with Crippen molar-refractivity contribution in [3.63, 3.8) is 0 Å². The van der Waals surface area contributed by atoms with E-state index in [0.717, 1.165) is 37.7 Å². The second-order valence-electron chi connectivity index (χ2n) is 7.99. The van der Waals surface area contributed by atoms with Crippen molar-refractivity contribution in [3.05, 3.63) is 70.6 Å². The number of nitrogens with one attached hydrogen (secondary N) is 2. The first-order valence-corrected chi connectivity index (χ1v) is 10.9. The van der Waals surface area contributed by atoms with Gasteiger partial charge >= 0.3 is 0 Å². The lowest BCUT2D eigenvalue weighted by molar-refractivity contribution is 0.489. The normalized spacial score (nSPS) is 15.9. The lowest BCUT2D eigenvalue weighted by atomic mass is 10.1. The lowest BCUT2D eigenvalue weighted by Gasteiger charge is -2.14. The van der Waals surface area contributed by atoms with Gasteiger partial charge in [-0.3, -0.25) is 0 Å². The average molecular weight is 473 g/mol. The van der Waals surface area contributed by atoms with Crippen LogP contribution in [0.15, 0.2) is 42.6 Å². The highest BCUT2D eigenvalue weighted by molar-refractivity contribution is 6.33. The summed E-state index contributed by atoms with van der Waals surface area (Å²) in [5.41, 5.74) is 1.36. The molecule has 0 spiro atoms. The van der Waals surface area contributed by atoms with Crippen molar-refractivity contribution in [1.29, 1.82) is 0 Å². The molecule has 3 heterocycles. The highest BCUT2D eigenvalue weighted by atomic mass is 35.5. The number of aromatic nitrogens is 4. The molecular formula is C23H20ClF3N6. The van der Waals surface area contributed by atoms with Gasteiger partial charge in [-0.2, -0.15) is 4.98 Å². The fourth-order valence-corrected chi connectivity index (χ4v) is 4.31. The zero-order valence-corrected chi connectivity index (χ0v) is 18.2. The number of nitrogens with zero attached hydrogens (tertiary/aromatic N) is 4. The summed E-state index contributed by atoms with van der Waals surface area (Å²) in [5.74, 6) is -0.610. The largest absolute Gasteiger partial charge is 0.350 e. The first-order valence-electron chi connectivity index (χ1n) is 10.6. The Balaban J connectivity index is 1.54. The summed E-state index contributed by atoms with van der Waals surface area (Å²) in [7, 11) is 0. The molecule has 1 fully saturated rings. The summed E-state index contributed by atoms with van der Waals surface area (Å²) in [4.78, 5) is 13.4. The predicted octanol–water partition coefficient (Wildman–Crippen LogP) is 4.79. The van der Waals surface area contributed by atoms with Crippen molar-refractivity contribution < 1.29 is 13.2 Å². The highest BCUT2D eigenvalue weighted by Crippen LogP contribution is 2.33. The van der Waals surface area contributed by atoms with E-state index in [1.807, 2.05) is 4.57 Å². The third-order valence-corrected chi connectivity index (χ3v) is 6.04. The first-order chi connectivity index (χ1) is 16.0. The Morgan fingerprint density at radius 1 is 1.12 bits per heavy atom. The SMILES string of the molecule is Fc1ccc(F)c(CNc2ncc3nc(-c4c(F)cccc4Cl)n(CC4CCNC4)c3n2)c1. The van der Waals surface area contributed by atoms with Gasteiger partial charge in [-0.1, -0.05) is 17.7 Å². The molecule has 0 bridgehead atoms. The average Bonchev–Trinajstić information content (AvgIpc) is 3.43. The number of hydrogen-bond acceptors (Lipinski definition) is 5. The summed E-state index contributed by atoms with van der Waals surface area (Å²) in [6, 6.07) is 7.76. The predicted molar refractivity (Wildman–Crippen MR) is 120 cm³/mol. The van der Waals surface area contributed by atoms with Crippen LogP contribution < -0.4 is 10.6 Å². The molecule has 5 rings (SSSR count). The Bertz CT molecular complexity index is 1300. The van der Waals surface area contributed by atoms with Crippen LogP contribution in [0.25, 0.3) is 22.6 Å². The number of rotatable bonds is 6. The molecule has 0 aliphatic carbocycles. The molecule has 0 amide bonds. The number of imidazole rings is 1. The summed E-state index contributed by atoms with van der Waals surface area (Å²) in [6.07, 6.45) is 2.49. The van der Waals surface area contributed by atoms with Gasteiger partial charge in [-0.15, -0.1) is 0 Å². The molecule has 2 aromatic heterocycles. The van der Waals surface area contributed by atoms with Gasteiger partial charge in [-0.25, -0.2) is 23.1 Å². The summed E-state index contributed by atoms with van der Waals surface area (Å²) < 4.78 is 44.0. The summed E-state index contributed by atoms with van der Waals surface area (Å²) in [5, 5.41) is 6.51. The fraction of sp³-hybridized carbons (Fsp3) is 0.261. The highest BCUT2D eigenvalue weighted by Gasteiger charge is 2.24. The van der Waals surface area contributed by atoms with E-state index >= 15 is 0 Å². The van der Waals surface area contributed by atoms with Crippen LogP contribution in [-0.4, -0.2) is 32.6 Å². The van der Waals surface area contributed by atoms with Gasteiger partial charge < -0.3 is 15.2 Å². The van der Waals surface area contributed by atoms with Crippen LogP contribution in [0.4, 0.5) is 19.1 Å². The molecule has 2 N–H and O–H groups in total. The van der Waals surface area contributed by atoms with Gasteiger partial charge in [0.1, 0.15) is 28.8 Å². The molecule has 170 valence electrons. The molecule has 1 aliphatic heterocycles. The number of anilines is 1. The molecule has 4 aromatic rings. The molecule has 0 radical (unpaired) electrons. The monoisotopic (exact) mass is 472 g/mol. The summed E-state index contributed by atoms with van der Waals surface area (Å²) in [6.45, 7) is 2.31. The van der Waals surface area contributed by atoms with Crippen molar-refractivity contribution in [2.24, 2.45) is 5.92 Å². The smallest absolute Gasteiger partial charge is 0.225 e. The Kier molecular flexibility index (Phi) is 5.90. The van der Waals surface area contributed by atoms with E-state index in [4.69, 9.17) is 11.6 Å². The maximum Gasteiger partial charge on any atom is 0.225 e. The quantitative estimate of drug-likeness (QED) is 0.422. The van der Waals surface area contributed by atoms with E-state index in [-0.39, 0.29) is 28.6 Å². The molecule has 0 saturated carbocycles. The standard InChI is InChI=1S/C23H20ClF3N6/c24-16-2-1-3-18(27)20(16)22-31-19-11-30-23(29-10-14-8-15(25)4-5-17(14)26)32-21(19)33(22)12-13-6-7-28-9-13/h1-5,8,11,13,28H,6-7,9-10,12H2,(H,29,30,32). The Morgan fingerprint density at radius 2 is 2.00 bits per heavy atom. The number of fused-ring (bicyclic) bond motifs is 1. The van der Waals surface area contributed by atoms with Gasteiger partial charge in [0.25, 0.3) is 0 Å². The number of hydrogen-bond donors (Lipinski definition) is 2. The minimum Gasteiger partial charge on any atom is -0.350 e. The van der Waals surface area contributed by atoms with Gasteiger partial charge in [-0.05, 0) is 55.8 Å². The van der Waals surface area contributed by atoms with E-state index in [9.17, 15) is 13.2 Å². The van der Waals surface area contributed by atoms with Crippen molar-refractivity contribution in [2.75, 3.05) is 18.4 Å². The third-order valence-electron chi connectivity index (χ3n) is 5.72. The van der Waals surface area contributed by atoms with Gasteiger partial charge in [0.2, 0.25) is 5.95 Å². The van der Waals surface area contributed by atoms with Crippen LogP contribution in [-0.2, 0) is 13.1 Å². The maximum atomic E-state index is 14.8. The van der Waals surface area contributed by atoms with Crippen LogP contribution >= 0.6 is 11.6 Å². The fourth-order valence-electron chi connectivity index (χ4n) is 4.06. The van der Waals surface area contributed by atoms with Gasteiger partial charge in [0.05, 0.1) is 16.8 Å². The Hall–Kier alpha value is -3.17. The second-order valence-corrected chi connectivity index (χ2v) is 8.40. The van der Waals surface area contributed by atoms with E-state index in [1.165, 1.54) is 12.3 Å². The van der Waals surface area contributed by atoms with E-state index in [2.05, 4.69) is 25.6 Å². The third kappa shape index (κ3) is 4.38. The minimum absolute atomic E-state index is 0.00177. The minimum atomic E-state index is -0.528. The molecule has 1 aliphatic rings. The first kappa shape index (κ1) is 21.7. The molecule has 1 atom stereocenters. The van der Waals surface area contributed by atoms with E-state index < -0.39 is 17.5 Å². The molecule has 1 unspecified atom stereocenters. The van der Waals surface area contributed by atoms with E-state index in [0.29, 0.717) is 29.5 Å². The Labute approximate surface area is 192 Å². The van der Waals surface area contributed by atoms with Gasteiger partial charge in [0, 0.05) is 18.7 Å². The van der Waals surface area contributed by atoms with Crippen molar-refractivity contribution in [3.8, 4) is 11.4 Å². The van der Waals surface area contributed by atoms with Crippen LogP contribution in [0.3, 0.4) is 0 Å². The zero-order valence-electron chi connectivity index (χ0n) is 17.5. The lowest BCUT2D eigenvalue weighted by Crippen LogP contribution is -2.16. The summed E-state index contributed by atoms with van der Waals surface area (Å²) >= 11 is 6.34. The second kappa shape index (κ2) is 8.99. The van der Waals surface area contributed by atoms with Crippen LogP contribution in [0.5, 0.6) is 0 Å².